The first kappa shape index (κ1) is 55.9. The molecular weight excluding hydrogens is 849 g/mol. The van der Waals surface area contributed by atoms with Crippen LogP contribution >= 0.6 is 0 Å². The monoisotopic (exact) mass is 922 g/mol. The lowest BCUT2D eigenvalue weighted by atomic mass is 9.82. The topological polar surface area (TPSA) is 294 Å². The number of aliphatic hydroxyl groups is 10. The molecule has 0 aliphatic carbocycles. The number of carbonyl (C=O) groups excluding carboxylic acids is 1. The standard InChI is InChI=1S/C48H74O17/c1-28-18-16-14-12-10-8-6-7-9-11-13-15-17-19-36(64-47-45(58)30(3)44(57)32(5)63-47)25-40-42(46(59)60)39(54)27-48(61,65-40)26-35(51)23-38(53)37(52)21-20-33(49)22-34(50)24-41(55)62-31(4)29(2)43(28)56/h6-19,28-40,42-45,47,49-54,56-58,61H,20-27H2,1-5H3,(H,59,60)/b7-6+,10-8+,11-9+,14-12+,15-13+,18-16+,19-17+/t28-,29-,30-,31-,32+,33+,34+,35-,36-,37+,38+,39-,40+,42+,43+,44-,45-,47-,48+/m0/s1. The Morgan fingerprint density at radius 3 is 1.77 bits per heavy atom. The number of carbonyl (C=O) groups is 2. The second kappa shape index (κ2) is 27.4. The molecule has 0 radical (unpaired) electrons. The highest BCUT2D eigenvalue weighted by Gasteiger charge is 2.51. The van der Waals surface area contributed by atoms with Crippen LogP contribution in [0.15, 0.2) is 85.1 Å². The number of aliphatic carboxylic acids is 1. The smallest absolute Gasteiger partial charge is 0.311 e. The molecule has 3 aliphatic rings. The van der Waals surface area contributed by atoms with E-state index in [2.05, 4.69) is 0 Å². The van der Waals surface area contributed by atoms with Gasteiger partial charge in [-0.05, 0) is 33.1 Å². The third kappa shape index (κ3) is 18.7. The number of allylic oxidation sites excluding steroid dienone is 12. The molecule has 19 atom stereocenters. The Kier molecular flexibility index (Phi) is 23.6. The van der Waals surface area contributed by atoms with E-state index in [0.29, 0.717) is 0 Å². The summed E-state index contributed by atoms with van der Waals surface area (Å²) in [6.07, 6.45) is 4.63. The van der Waals surface area contributed by atoms with Gasteiger partial charge in [-0.15, -0.1) is 0 Å². The predicted molar refractivity (Wildman–Crippen MR) is 238 cm³/mol. The molecule has 0 aromatic carbocycles. The van der Waals surface area contributed by atoms with E-state index in [1.165, 1.54) is 0 Å². The van der Waals surface area contributed by atoms with E-state index in [4.69, 9.17) is 18.9 Å². The van der Waals surface area contributed by atoms with Crippen molar-refractivity contribution in [3.05, 3.63) is 85.1 Å². The third-order valence-electron chi connectivity index (χ3n) is 12.3. The van der Waals surface area contributed by atoms with Crippen molar-refractivity contribution in [3.63, 3.8) is 0 Å². The fourth-order valence-electron chi connectivity index (χ4n) is 8.15. The Labute approximate surface area is 382 Å². The zero-order valence-corrected chi connectivity index (χ0v) is 38.0. The van der Waals surface area contributed by atoms with Gasteiger partial charge in [-0.1, -0.05) is 106 Å². The van der Waals surface area contributed by atoms with Gasteiger partial charge in [0.15, 0.2) is 12.1 Å². The minimum absolute atomic E-state index is 0.100. The fourth-order valence-corrected chi connectivity index (χ4v) is 8.15. The van der Waals surface area contributed by atoms with Crippen LogP contribution in [0.4, 0.5) is 0 Å². The molecule has 0 unspecified atom stereocenters. The molecule has 2 saturated heterocycles. The number of fused-ring (bicyclic) bond motifs is 2. The first-order chi connectivity index (χ1) is 30.6. The van der Waals surface area contributed by atoms with Crippen LogP contribution < -0.4 is 0 Å². The van der Waals surface area contributed by atoms with E-state index in [-0.39, 0.29) is 31.6 Å². The van der Waals surface area contributed by atoms with Crippen molar-refractivity contribution in [2.45, 2.75) is 177 Å². The summed E-state index contributed by atoms with van der Waals surface area (Å²) in [5, 5.41) is 118. The largest absolute Gasteiger partial charge is 0.481 e. The number of esters is 1. The van der Waals surface area contributed by atoms with E-state index in [0.717, 1.165) is 0 Å². The van der Waals surface area contributed by atoms with Gasteiger partial charge < -0.3 is 75.1 Å². The maximum absolute atomic E-state index is 12.6. The lowest BCUT2D eigenvalue weighted by Crippen LogP contribution is -2.57. The Morgan fingerprint density at radius 1 is 0.615 bits per heavy atom. The van der Waals surface area contributed by atoms with E-state index in [1.54, 1.807) is 82.4 Å². The highest BCUT2D eigenvalue weighted by atomic mass is 16.7. The molecule has 0 spiro atoms. The average molecular weight is 923 g/mol. The Hall–Kier alpha value is -3.40. The number of carboxylic acid groups (broad SMARTS) is 1. The van der Waals surface area contributed by atoms with E-state index in [1.807, 2.05) is 37.3 Å². The van der Waals surface area contributed by atoms with Gasteiger partial charge in [0.05, 0.1) is 73.6 Å². The molecule has 17 heteroatoms. The molecule has 0 amide bonds. The zero-order valence-electron chi connectivity index (χ0n) is 38.0. The van der Waals surface area contributed by atoms with Gasteiger partial charge in [0, 0.05) is 43.4 Å². The van der Waals surface area contributed by atoms with Gasteiger partial charge in [0.25, 0.3) is 0 Å². The maximum atomic E-state index is 12.6. The molecule has 3 rings (SSSR count). The third-order valence-corrected chi connectivity index (χ3v) is 12.3. The predicted octanol–water partition coefficient (Wildman–Crippen LogP) is 2.02. The molecule has 65 heavy (non-hydrogen) atoms. The molecule has 2 fully saturated rings. The molecule has 368 valence electrons. The SMILES string of the molecule is C[C@@H]1[C@H](O)[C@H](O[C@H]2/C=C/C=C/C=C/C=C/C=C/C=C/C=C/[C@H](C)[C@@H](O)[C@@H](C)[C@H](C)OC(=O)C[C@H](O)C[C@H](O)CC[C@@H](O)[C@H](O)C[C@H](O)C[C@]3(O)C[C@H](O)[C@@H](C(=O)O)[C@@H](C2)O3)O[C@H](C)[C@H]1O. The molecule has 3 aliphatic heterocycles. The van der Waals surface area contributed by atoms with Crippen LogP contribution in [0.25, 0.3) is 0 Å². The lowest BCUT2D eigenvalue weighted by Gasteiger charge is -2.45. The summed E-state index contributed by atoms with van der Waals surface area (Å²) in [4.78, 5) is 25.1. The number of cyclic esters (lactones) is 1. The summed E-state index contributed by atoms with van der Waals surface area (Å²) >= 11 is 0. The molecule has 0 aromatic rings. The van der Waals surface area contributed by atoms with Crippen molar-refractivity contribution in [1.29, 1.82) is 0 Å². The summed E-state index contributed by atoms with van der Waals surface area (Å²) in [7, 11) is 0. The molecule has 17 nitrogen and oxygen atoms in total. The van der Waals surface area contributed by atoms with Crippen molar-refractivity contribution < 1.29 is 84.7 Å². The number of carboxylic acids is 1. The van der Waals surface area contributed by atoms with Crippen LogP contribution in [-0.2, 0) is 28.5 Å². The Bertz CT molecular complexity index is 1660. The van der Waals surface area contributed by atoms with Crippen LogP contribution in [0, 0.1) is 23.7 Å². The van der Waals surface area contributed by atoms with Gasteiger partial charge in [-0.25, -0.2) is 0 Å². The number of hydrogen-bond donors (Lipinski definition) is 11. The molecule has 11 N–H and O–H groups in total. The highest BCUT2D eigenvalue weighted by Crippen LogP contribution is 2.38. The van der Waals surface area contributed by atoms with Gasteiger partial charge in [-0.2, -0.15) is 0 Å². The van der Waals surface area contributed by atoms with Crippen molar-refractivity contribution in [2.24, 2.45) is 23.7 Å². The first-order valence-electron chi connectivity index (χ1n) is 22.6. The maximum Gasteiger partial charge on any atom is 0.311 e. The lowest BCUT2D eigenvalue weighted by molar-refractivity contribution is -0.311. The summed E-state index contributed by atoms with van der Waals surface area (Å²) in [5.74, 6) is -7.40. The summed E-state index contributed by atoms with van der Waals surface area (Å²) in [6.45, 7) is 8.46. The van der Waals surface area contributed by atoms with Crippen molar-refractivity contribution in [1.82, 2.24) is 0 Å². The van der Waals surface area contributed by atoms with Crippen LogP contribution in [-0.4, -0.2) is 160 Å². The highest BCUT2D eigenvalue weighted by molar-refractivity contribution is 5.71. The Balaban J connectivity index is 1.86. The summed E-state index contributed by atoms with van der Waals surface area (Å²) in [6, 6.07) is 0. The molecular formula is C48H74O17. The molecule has 3 heterocycles. The van der Waals surface area contributed by atoms with Gasteiger partial charge in [0.2, 0.25) is 0 Å². The second-order valence-electron chi connectivity index (χ2n) is 17.8. The van der Waals surface area contributed by atoms with E-state index in [9.17, 15) is 65.8 Å². The first-order valence-corrected chi connectivity index (χ1v) is 22.6. The number of hydrogen-bond acceptors (Lipinski definition) is 16. The van der Waals surface area contributed by atoms with Gasteiger partial charge in [-0.3, -0.25) is 9.59 Å². The van der Waals surface area contributed by atoms with Gasteiger partial charge >= 0.3 is 11.9 Å². The van der Waals surface area contributed by atoms with Crippen molar-refractivity contribution in [3.8, 4) is 0 Å². The minimum atomic E-state index is -2.31. The second-order valence-corrected chi connectivity index (χ2v) is 17.8. The molecule has 0 saturated carbocycles. The molecule has 2 bridgehead atoms. The fraction of sp³-hybridized carbons (Fsp3) is 0.667. The van der Waals surface area contributed by atoms with Crippen LogP contribution in [0.3, 0.4) is 0 Å². The Morgan fingerprint density at radius 2 is 1.18 bits per heavy atom. The summed E-state index contributed by atoms with van der Waals surface area (Å²) < 4.78 is 23.3. The van der Waals surface area contributed by atoms with Crippen LogP contribution in [0.5, 0.6) is 0 Å². The van der Waals surface area contributed by atoms with Gasteiger partial charge in [0.1, 0.15) is 18.1 Å². The van der Waals surface area contributed by atoms with E-state index >= 15 is 0 Å². The van der Waals surface area contributed by atoms with Crippen LogP contribution in [0.1, 0.15) is 86.0 Å². The number of rotatable bonds is 3. The number of ether oxygens (including phenoxy) is 4. The summed E-state index contributed by atoms with van der Waals surface area (Å²) in [5.41, 5.74) is 0. The van der Waals surface area contributed by atoms with Crippen LogP contribution in [0.2, 0.25) is 0 Å². The normalized spacial score (nSPS) is 45.5. The minimum Gasteiger partial charge on any atom is -0.481 e. The quantitative estimate of drug-likeness (QED) is 0.181. The number of aliphatic hydroxyl groups excluding tert-OH is 9. The average Bonchev–Trinajstić information content (AvgIpc) is 3.21. The molecule has 0 aromatic heterocycles. The zero-order chi connectivity index (χ0) is 48.4. The van der Waals surface area contributed by atoms with Crippen molar-refractivity contribution >= 4 is 11.9 Å². The van der Waals surface area contributed by atoms with E-state index < -0.39 is 147 Å². The van der Waals surface area contributed by atoms with Crippen molar-refractivity contribution in [2.75, 3.05) is 0 Å².